The van der Waals surface area contributed by atoms with Gasteiger partial charge in [0.2, 0.25) is 0 Å². The fraction of sp³-hybridized carbons (Fsp3) is 0.364. The number of nitrogens with two attached hydrogens (primary N) is 1. The molecule has 0 radical (unpaired) electrons. The molecule has 0 atom stereocenters. The Bertz CT molecular complexity index is 517. The minimum absolute atomic E-state index is 0.00452. The van der Waals surface area contributed by atoms with Crippen molar-refractivity contribution in [2.75, 3.05) is 6.54 Å². The van der Waals surface area contributed by atoms with Gasteiger partial charge in [0, 0.05) is 30.4 Å². The Morgan fingerprint density at radius 3 is 3.06 bits per heavy atom. The molecule has 0 spiro atoms. The third-order valence-corrected chi connectivity index (χ3v) is 3.25. The summed E-state index contributed by atoms with van der Waals surface area (Å²) in [6, 6.07) is 0. The van der Waals surface area contributed by atoms with Crippen molar-refractivity contribution in [2.45, 2.75) is 19.9 Å². The van der Waals surface area contributed by atoms with E-state index in [-0.39, 0.29) is 5.78 Å². The van der Waals surface area contributed by atoms with Crippen molar-refractivity contribution in [1.82, 2.24) is 14.5 Å². The molecule has 0 aliphatic heterocycles. The number of aryl methyl sites for hydroxylation is 1. The molecule has 0 bridgehead atoms. The number of Topliss-reactive ketones (excluding diaryl/α,β-unsaturated/α-hetero) is 1. The highest BCUT2D eigenvalue weighted by Gasteiger charge is 2.12. The third-order valence-electron chi connectivity index (χ3n) is 2.28. The highest BCUT2D eigenvalue weighted by atomic mass is 32.1. The van der Waals surface area contributed by atoms with Crippen LogP contribution in [0.3, 0.4) is 0 Å². The van der Waals surface area contributed by atoms with E-state index in [1.807, 2.05) is 16.9 Å². The van der Waals surface area contributed by atoms with E-state index < -0.39 is 0 Å². The number of rotatable bonds is 5. The zero-order valence-corrected chi connectivity index (χ0v) is 10.4. The number of nitrogens with zero attached hydrogens (tertiary/aromatic N) is 3. The van der Waals surface area contributed by atoms with Crippen LogP contribution < -0.4 is 5.73 Å². The summed E-state index contributed by atoms with van der Waals surface area (Å²) < 4.78 is 1.82. The Balaban J connectivity index is 2.03. The van der Waals surface area contributed by atoms with Gasteiger partial charge in [-0.2, -0.15) is 0 Å². The fourth-order valence-corrected chi connectivity index (χ4v) is 2.26. The van der Waals surface area contributed by atoms with Crippen LogP contribution in [0.4, 0.5) is 0 Å². The van der Waals surface area contributed by atoms with E-state index in [2.05, 4.69) is 9.97 Å². The van der Waals surface area contributed by atoms with Crippen LogP contribution >= 0.6 is 11.3 Å². The molecule has 0 saturated heterocycles. The first-order valence-corrected chi connectivity index (χ1v) is 6.23. The second-order valence-corrected chi connectivity index (χ2v) is 4.71. The van der Waals surface area contributed by atoms with Crippen LogP contribution in [0.15, 0.2) is 17.9 Å². The molecule has 90 valence electrons. The van der Waals surface area contributed by atoms with Crippen molar-refractivity contribution < 1.29 is 4.79 Å². The molecule has 2 aromatic heterocycles. The summed E-state index contributed by atoms with van der Waals surface area (Å²) in [6.07, 6.45) is 3.68. The summed E-state index contributed by atoms with van der Waals surface area (Å²) in [4.78, 5) is 20.2. The number of carbonyl (C=O) groups is 1. The maximum Gasteiger partial charge on any atom is 0.189 e. The zero-order chi connectivity index (χ0) is 12.3. The van der Waals surface area contributed by atoms with Gasteiger partial charge in [0.1, 0.15) is 10.7 Å². The quantitative estimate of drug-likeness (QED) is 0.804. The van der Waals surface area contributed by atoms with E-state index in [0.717, 1.165) is 10.7 Å². The molecule has 0 amide bonds. The molecule has 5 nitrogen and oxygen atoms in total. The van der Waals surface area contributed by atoms with E-state index in [1.165, 1.54) is 11.3 Å². The van der Waals surface area contributed by atoms with Gasteiger partial charge in [-0.1, -0.05) is 0 Å². The van der Waals surface area contributed by atoms with Crippen LogP contribution in [0, 0.1) is 6.92 Å². The molecular weight excluding hydrogens is 236 g/mol. The highest BCUT2D eigenvalue weighted by molar-refractivity contribution is 7.09. The van der Waals surface area contributed by atoms with Crippen LogP contribution in [-0.4, -0.2) is 26.9 Å². The Kier molecular flexibility index (Phi) is 3.65. The summed E-state index contributed by atoms with van der Waals surface area (Å²) in [5, 5.41) is 2.77. The minimum Gasteiger partial charge on any atom is -0.335 e. The smallest absolute Gasteiger partial charge is 0.189 e. The van der Waals surface area contributed by atoms with Gasteiger partial charge in [-0.15, -0.1) is 11.3 Å². The first-order chi connectivity index (χ1) is 8.19. The molecule has 0 fully saturated rings. The van der Waals surface area contributed by atoms with E-state index >= 15 is 0 Å². The molecule has 0 saturated carbocycles. The van der Waals surface area contributed by atoms with Gasteiger partial charge in [0.15, 0.2) is 5.78 Å². The van der Waals surface area contributed by atoms with E-state index in [1.54, 1.807) is 12.5 Å². The Hall–Kier alpha value is -1.53. The van der Waals surface area contributed by atoms with Crippen LogP contribution in [-0.2, 0) is 13.0 Å². The predicted molar refractivity (Wildman–Crippen MR) is 66.2 cm³/mol. The summed E-state index contributed by atoms with van der Waals surface area (Å²) in [6.45, 7) is 3.13. The Labute approximate surface area is 103 Å². The molecule has 0 unspecified atom stereocenters. The van der Waals surface area contributed by atoms with Gasteiger partial charge in [-0.25, -0.2) is 9.97 Å². The molecule has 2 aromatic rings. The summed E-state index contributed by atoms with van der Waals surface area (Å²) >= 11 is 1.50. The predicted octanol–water partition coefficient (Wildman–Crippen LogP) is 1.03. The number of aromatic nitrogens is 3. The van der Waals surface area contributed by atoms with Crippen molar-refractivity contribution in [3.63, 3.8) is 0 Å². The molecule has 2 N–H and O–H groups in total. The van der Waals surface area contributed by atoms with Gasteiger partial charge in [0.05, 0.1) is 12.7 Å². The molecule has 0 aromatic carbocycles. The van der Waals surface area contributed by atoms with E-state index in [4.69, 9.17) is 5.73 Å². The molecule has 2 rings (SSSR count). The van der Waals surface area contributed by atoms with Crippen LogP contribution in [0.2, 0.25) is 0 Å². The SMILES string of the molecule is Cc1csc(CC(=O)c2cn(CCN)cn2)n1. The monoisotopic (exact) mass is 250 g/mol. The second kappa shape index (κ2) is 5.20. The summed E-state index contributed by atoms with van der Waals surface area (Å²) in [5.74, 6) is -0.00452. The van der Waals surface area contributed by atoms with Crippen molar-refractivity contribution in [3.8, 4) is 0 Å². The summed E-state index contributed by atoms with van der Waals surface area (Å²) in [7, 11) is 0. The number of thiazole rings is 1. The summed E-state index contributed by atoms with van der Waals surface area (Å²) in [5.41, 5.74) is 6.86. The van der Waals surface area contributed by atoms with Gasteiger partial charge >= 0.3 is 0 Å². The lowest BCUT2D eigenvalue weighted by atomic mass is 10.2. The van der Waals surface area contributed by atoms with Gasteiger partial charge in [-0.3, -0.25) is 4.79 Å². The lowest BCUT2D eigenvalue weighted by molar-refractivity contribution is 0.0988. The number of hydrogen-bond acceptors (Lipinski definition) is 5. The van der Waals surface area contributed by atoms with Gasteiger partial charge in [0.25, 0.3) is 0 Å². The molecule has 0 aliphatic carbocycles. The maximum atomic E-state index is 11.9. The molecule has 2 heterocycles. The standard InChI is InChI=1S/C11H14N4OS/c1-8-6-17-11(14-8)4-10(16)9-5-15(3-2-12)7-13-9/h5-7H,2-4,12H2,1H3. The molecule has 17 heavy (non-hydrogen) atoms. The Morgan fingerprint density at radius 1 is 1.59 bits per heavy atom. The van der Waals surface area contributed by atoms with Crippen LogP contribution in [0.25, 0.3) is 0 Å². The fourth-order valence-electron chi connectivity index (χ4n) is 1.49. The number of hydrogen-bond donors (Lipinski definition) is 1. The average molecular weight is 250 g/mol. The van der Waals surface area contributed by atoms with E-state index in [9.17, 15) is 4.79 Å². The van der Waals surface area contributed by atoms with Gasteiger partial charge < -0.3 is 10.3 Å². The molecule has 0 aliphatic rings. The lowest BCUT2D eigenvalue weighted by Gasteiger charge is -1.95. The minimum atomic E-state index is -0.00452. The topological polar surface area (TPSA) is 73.8 Å². The number of imidazole rings is 1. The average Bonchev–Trinajstić information content (AvgIpc) is 2.88. The molecular formula is C11H14N4OS. The van der Waals surface area contributed by atoms with Gasteiger partial charge in [-0.05, 0) is 6.92 Å². The van der Waals surface area contributed by atoms with Crippen molar-refractivity contribution >= 4 is 17.1 Å². The van der Waals surface area contributed by atoms with Crippen LogP contribution in [0.5, 0.6) is 0 Å². The molecule has 6 heteroatoms. The lowest BCUT2D eigenvalue weighted by Crippen LogP contribution is -2.08. The third kappa shape index (κ3) is 2.98. The highest BCUT2D eigenvalue weighted by Crippen LogP contribution is 2.11. The van der Waals surface area contributed by atoms with E-state index in [0.29, 0.717) is 25.2 Å². The maximum absolute atomic E-state index is 11.9. The largest absolute Gasteiger partial charge is 0.335 e. The van der Waals surface area contributed by atoms with Crippen molar-refractivity contribution in [2.24, 2.45) is 5.73 Å². The number of carbonyl (C=O) groups excluding carboxylic acids is 1. The van der Waals surface area contributed by atoms with Crippen LogP contribution in [0.1, 0.15) is 21.2 Å². The zero-order valence-electron chi connectivity index (χ0n) is 9.59. The number of ketones is 1. The van der Waals surface area contributed by atoms with Crippen molar-refractivity contribution in [3.05, 3.63) is 34.3 Å². The first kappa shape index (κ1) is 11.9. The normalized spacial score (nSPS) is 10.7. The Morgan fingerprint density at radius 2 is 2.41 bits per heavy atom. The van der Waals surface area contributed by atoms with Crippen molar-refractivity contribution in [1.29, 1.82) is 0 Å². The first-order valence-electron chi connectivity index (χ1n) is 5.35. The second-order valence-electron chi connectivity index (χ2n) is 3.77.